The molecule has 0 radical (unpaired) electrons. The van der Waals surface area contributed by atoms with Gasteiger partial charge in [-0.05, 0) is 68.8 Å². The molecule has 0 fully saturated rings. The first-order valence-electron chi connectivity index (χ1n) is 10.1. The van der Waals surface area contributed by atoms with Crippen LogP contribution in [0.25, 0.3) is 10.8 Å². The van der Waals surface area contributed by atoms with Crippen LogP contribution in [-0.2, 0) is 6.61 Å². The smallest absolute Gasteiger partial charge is 0.272 e. The zero-order valence-corrected chi connectivity index (χ0v) is 20.6. The van der Waals surface area contributed by atoms with E-state index < -0.39 is 0 Å². The van der Waals surface area contributed by atoms with Crippen molar-refractivity contribution in [2.24, 2.45) is 5.10 Å². The Morgan fingerprint density at radius 1 is 1.06 bits per heavy atom. The number of benzene rings is 4. The highest BCUT2D eigenvalue weighted by Gasteiger charge is 2.13. The molecule has 33 heavy (non-hydrogen) atoms. The van der Waals surface area contributed by atoms with Crippen molar-refractivity contribution in [3.05, 3.63) is 104 Å². The second-order valence-corrected chi connectivity index (χ2v) is 8.71. The topological polar surface area (TPSA) is 59.9 Å². The molecule has 4 rings (SSSR count). The number of halogens is 2. The van der Waals surface area contributed by atoms with Gasteiger partial charge in [0.25, 0.3) is 5.91 Å². The van der Waals surface area contributed by atoms with Gasteiger partial charge in [-0.3, -0.25) is 4.79 Å². The maximum Gasteiger partial charge on any atom is 0.272 e. The van der Waals surface area contributed by atoms with Crippen LogP contribution in [-0.4, -0.2) is 19.2 Å². The average Bonchev–Trinajstić information content (AvgIpc) is 2.83. The summed E-state index contributed by atoms with van der Waals surface area (Å²) in [5.41, 5.74) is 4.71. The minimum atomic E-state index is -0.381. The highest BCUT2D eigenvalue weighted by Crippen LogP contribution is 2.34. The van der Waals surface area contributed by atoms with Crippen LogP contribution in [0.4, 0.5) is 0 Å². The predicted octanol–water partition coefficient (Wildman–Crippen LogP) is 6.45. The van der Waals surface area contributed by atoms with Gasteiger partial charge in [-0.2, -0.15) is 5.10 Å². The summed E-state index contributed by atoms with van der Waals surface area (Å²) >= 11 is 8.26. The van der Waals surface area contributed by atoms with Gasteiger partial charge in [0.15, 0.2) is 11.5 Å². The van der Waals surface area contributed by atoms with Crippen molar-refractivity contribution in [2.45, 2.75) is 6.61 Å². The Morgan fingerprint density at radius 3 is 2.64 bits per heavy atom. The maximum atomic E-state index is 12.3. The first-order chi connectivity index (χ1) is 16.1. The van der Waals surface area contributed by atoms with Gasteiger partial charge in [-0.25, -0.2) is 5.43 Å². The van der Waals surface area contributed by atoms with E-state index in [1.54, 1.807) is 37.6 Å². The first kappa shape index (κ1) is 23.1. The Balaban J connectivity index is 1.49. The van der Waals surface area contributed by atoms with Gasteiger partial charge in [0.2, 0.25) is 0 Å². The van der Waals surface area contributed by atoms with E-state index in [0.717, 1.165) is 20.1 Å². The van der Waals surface area contributed by atoms with Gasteiger partial charge >= 0.3 is 0 Å². The molecule has 5 nitrogen and oxygen atoms in total. The lowest BCUT2D eigenvalue weighted by molar-refractivity contribution is 0.0955. The molecule has 1 N–H and O–H groups in total. The molecule has 0 aliphatic carbocycles. The quantitative estimate of drug-likeness (QED) is 0.158. The van der Waals surface area contributed by atoms with Crippen LogP contribution < -0.4 is 14.9 Å². The molecule has 0 saturated heterocycles. The van der Waals surface area contributed by atoms with Gasteiger partial charge in [0, 0.05) is 0 Å². The Kier molecular flexibility index (Phi) is 7.47. The lowest BCUT2D eigenvalue weighted by atomic mass is 10.1. The minimum Gasteiger partial charge on any atom is -0.493 e. The second-order valence-electron chi connectivity index (χ2n) is 7.14. The van der Waals surface area contributed by atoms with Crippen molar-refractivity contribution < 1.29 is 14.3 Å². The average molecular weight is 571 g/mol. The molecular weight excluding hydrogens is 551 g/mol. The molecule has 0 unspecified atom stereocenters. The van der Waals surface area contributed by atoms with E-state index in [1.807, 2.05) is 30.3 Å². The lowest BCUT2D eigenvalue weighted by Gasteiger charge is -2.14. The molecule has 0 aliphatic rings. The van der Waals surface area contributed by atoms with Crippen molar-refractivity contribution >= 4 is 57.1 Å². The Hall–Kier alpha value is -3.10. The van der Waals surface area contributed by atoms with E-state index in [9.17, 15) is 4.79 Å². The fraction of sp³-hybridized carbons (Fsp3) is 0.0769. The molecule has 4 aromatic rings. The number of fused-ring (bicyclic) bond motifs is 1. The summed E-state index contributed by atoms with van der Waals surface area (Å²) in [5, 5.41) is 6.75. The number of nitrogens with zero attached hydrogens (tertiary/aromatic N) is 1. The van der Waals surface area contributed by atoms with Crippen LogP contribution >= 0.6 is 34.2 Å². The van der Waals surface area contributed by atoms with Gasteiger partial charge in [0.1, 0.15) is 6.61 Å². The standard InChI is InChI=1S/C26H20ClIN2O3/c1-32-24-14-17(15-29-30-26(31)21-11-4-5-12-22(21)27)13-23(28)25(24)33-16-19-9-6-8-18-7-2-3-10-20(18)19/h2-15H,16H2,1H3,(H,30,31)/b29-15-. The molecule has 0 aliphatic heterocycles. The third kappa shape index (κ3) is 5.46. The summed E-state index contributed by atoms with van der Waals surface area (Å²) in [4.78, 5) is 12.3. The number of hydrogen-bond acceptors (Lipinski definition) is 4. The van der Waals surface area contributed by atoms with Crippen LogP contribution in [0.2, 0.25) is 5.02 Å². The molecule has 1 amide bonds. The summed E-state index contributed by atoms with van der Waals surface area (Å²) in [6.07, 6.45) is 1.55. The molecular formula is C26H20ClIN2O3. The van der Waals surface area contributed by atoms with E-state index in [-0.39, 0.29) is 5.91 Å². The van der Waals surface area contributed by atoms with Crippen LogP contribution in [0.3, 0.4) is 0 Å². The molecule has 0 saturated carbocycles. The van der Waals surface area contributed by atoms with Crippen molar-refractivity contribution in [3.8, 4) is 11.5 Å². The third-order valence-electron chi connectivity index (χ3n) is 5.00. The minimum absolute atomic E-state index is 0.362. The Labute approximate surface area is 210 Å². The van der Waals surface area contributed by atoms with Crippen LogP contribution in [0.5, 0.6) is 11.5 Å². The molecule has 0 aromatic heterocycles. The number of carbonyl (C=O) groups is 1. The zero-order valence-electron chi connectivity index (χ0n) is 17.7. The highest BCUT2D eigenvalue weighted by molar-refractivity contribution is 14.1. The number of carbonyl (C=O) groups excluding carboxylic acids is 1. The molecule has 0 bridgehead atoms. The van der Waals surface area contributed by atoms with Crippen molar-refractivity contribution in [1.82, 2.24) is 5.43 Å². The van der Waals surface area contributed by atoms with Crippen LogP contribution in [0.15, 0.2) is 84.0 Å². The number of methoxy groups -OCH3 is 1. The Morgan fingerprint density at radius 2 is 1.82 bits per heavy atom. The third-order valence-corrected chi connectivity index (χ3v) is 6.13. The van der Waals surface area contributed by atoms with Crippen molar-refractivity contribution in [2.75, 3.05) is 7.11 Å². The van der Waals surface area contributed by atoms with Gasteiger partial charge in [0.05, 0.1) is 27.5 Å². The fourth-order valence-corrected chi connectivity index (χ4v) is 4.40. The number of amides is 1. The number of hydrogen-bond donors (Lipinski definition) is 1. The van der Waals surface area contributed by atoms with E-state index in [1.165, 1.54) is 5.39 Å². The van der Waals surface area contributed by atoms with E-state index in [2.05, 4.69) is 57.4 Å². The number of rotatable bonds is 7. The van der Waals surface area contributed by atoms with Crippen LogP contribution in [0.1, 0.15) is 21.5 Å². The zero-order chi connectivity index (χ0) is 23.2. The molecule has 4 aromatic carbocycles. The molecule has 7 heteroatoms. The highest BCUT2D eigenvalue weighted by atomic mass is 127. The first-order valence-corrected chi connectivity index (χ1v) is 11.6. The molecule has 0 heterocycles. The molecule has 0 atom stereocenters. The van der Waals surface area contributed by atoms with Gasteiger partial charge in [-0.1, -0.05) is 66.2 Å². The van der Waals surface area contributed by atoms with Gasteiger partial charge < -0.3 is 9.47 Å². The SMILES string of the molecule is COc1cc(/C=N\NC(=O)c2ccccc2Cl)cc(I)c1OCc1cccc2ccccc12. The summed E-state index contributed by atoms with van der Waals surface area (Å²) in [6.45, 7) is 0.412. The molecule has 0 spiro atoms. The number of hydrazone groups is 1. The summed E-state index contributed by atoms with van der Waals surface area (Å²) < 4.78 is 12.6. The lowest BCUT2D eigenvalue weighted by Crippen LogP contribution is -2.17. The normalized spacial score (nSPS) is 11.0. The van der Waals surface area contributed by atoms with Gasteiger partial charge in [-0.15, -0.1) is 0 Å². The molecule has 166 valence electrons. The predicted molar refractivity (Wildman–Crippen MR) is 141 cm³/mol. The largest absolute Gasteiger partial charge is 0.493 e. The summed E-state index contributed by atoms with van der Waals surface area (Å²) in [5.74, 6) is 0.859. The van der Waals surface area contributed by atoms with E-state index in [0.29, 0.717) is 28.7 Å². The fourth-order valence-electron chi connectivity index (χ4n) is 3.39. The number of nitrogens with one attached hydrogen (secondary N) is 1. The van der Waals surface area contributed by atoms with Crippen LogP contribution in [0, 0.1) is 3.57 Å². The van der Waals surface area contributed by atoms with E-state index >= 15 is 0 Å². The van der Waals surface area contributed by atoms with E-state index in [4.69, 9.17) is 21.1 Å². The van der Waals surface area contributed by atoms with Crippen molar-refractivity contribution in [1.29, 1.82) is 0 Å². The van der Waals surface area contributed by atoms with Crippen molar-refractivity contribution in [3.63, 3.8) is 0 Å². The second kappa shape index (κ2) is 10.7. The monoisotopic (exact) mass is 570 g/mol. The number of ether oxygens (including phenoxy) is 2. The summed E-state index contributed by atoms with van der Waals surface area (Å²) in [7, 11) is 1.59. The maximum absolute atomic E-state index is 12.3. The Bertz CT molecular complexity index is 1340. The summed E-state index contributed by atoms with van der Waals surface area (Å²) in [6, 6.07) is 24.9.